The van der Waals surface area contributed by atoms with Crippen LogP contribution in [-0.4, -0.2) is 54.5 Å². The van der Waals surface area contributed by atoms with Crippen molar-refractivity contribution >= 4 is 5.91 Å². The summed E-state index contributed by atoms with van der Waals surface area (Å²) in [6.07, 6.45) is 18.1. The Morgan fingerprint density at radius 3 is 2.00 bits per heavy atom. The van der Waals surface area contributed by atoms with Crippen LogP contribution in [-0.2, 0) is 20.0 Å². The monoisotopic (exact) mass is 516 g/mol. The first-order valence-electron chi connectivity index (χ1n) is 15.2. The summed E-state index contributed by atoms with van der Waals surface area (Å²) < 4.78 is 12.2. The number of nitrogens with one attached hydrogen (secondary N) is 1. The van der Waals surface area contributed by atoms with Gasteiger partial charge in [0.15, 0.2) is 5.72 Å². The van der Waals surface area contributed by atoms with Crippen LogP contribution in [0.15, 0.2) is 30.3 Å². The van der Waals surface area contributed by atoms with Gasteiger partial charge in [-0.2, -0.15) is 0 Å². The molecule has 1 amide bonds. The largest absolute Gasteiger partial charge is 0.366 e. The van der Waals surface area contributed by atoms with Crippen LogP contribution in [0, 0.1) is 0 Å². The zero-order chi connectivity index (χ0) is 26.2. The molecule has 0 aromatic heterocycles. The van der Waals surface area contributed by atoms with Crippen molar-refractivity contribution in [3.05, 3.63) is 35.9 Å². The van der Waals surface area contributed by atoms with Gasteiger partial charge in [0, 0.05) is 25.1 Å². The number of hydrogen-bond donors (Lipinski definition) is 2. The van der Waals surface area contributed by atoms with E-state index in [1.54, 1.807) is 0 Å². The van der Waals surface area contributed by atoms with Gasteiger partial charge in [-0.05, 0) is 19.3 Å². The standard InChI is InChI=1S/C31H52N2O4/c1-2-3-4-5-6-7-8-9-10-11-12-13-17-22-28(34)32-31(35,27-20-15-14-16-21-27)29-30(37-26-25-36-29)33-23-18-19-24-33/h14-16,20-21,29-30,35H,2-13,17-19,22-26H2,1H3,(H,32,34). The van der Waals surface area contributed by atoms with Gasteiger partial charge < -0.3 is 19.9 Å². The predicted octanol–water partition coefficient (Wildman–Crippen LogP) is 6.27. The molecule has 3 rings (SSSR count). The molecule has 6 heteroatoms. The minimum Gasteiger partial charge on any atom is -0.366 e. The Balaban J connectivity index is 1.41. The van der Waals surface area contributed by atoms with Gasteiger partial charge in [0.2, 0.25) is 5.91 Å². The molecule has 1 aromatic carbocycles. The molecule has 0 radical (unpaired) electrons. The smallest absolute Gasteiger partial charge is 0.222 e. The number of likely N-dealkylation sites (tertiary alicyclic amines) is 1. The Morgan fingerprint density at radius 1 is 0.865 bits per heavy atom. The fourth-order valence-corrected chi connectivity index (χ4v) is 5.71. The quantitative estimate of drug-likeness (QED) is 0.178. The molecular weight excluding hydrogens is 464 g/mol. The minimum atomic E-state index is -1.64. The maximum Gasteiger partial charge on any atom is 0.222 e. The number of rotatable bonds is 18. The zero-order valence-electron chi connectivity index (χ0n) is 23.3. The van der Waals surface area contributed by atoms with Gasteiger partial charge >= 0.3 is 0 Å². The third-order valence-corrected chi connectivity index (χ3v) is 7.89. The molecule has 37 heavy (non-hydrogen) atoms. The Labute approximate surface area is 225 Å². The molecule has 0 bridgehead atoms. The summed E-state index contributed by atoms with van der Waals surface area (Å²) in [5, 5.41) is 14.9. The molecule has 2 aliphatic heterocycles. The van der Waals surface area contributed by atoms with Crippen molar-refractivity contribution in [2.45, 2.75) is 128 Å². The summed E-state index contributed by atoms with van der Waals surface area (Å²) in [6.45, 7) is 5.00. The SMILES string of the molecule is CCCCCCCCCCCCCCCC(=O)NC(O)(c1ccccc1)C1OCCOC1N1CCCC1. The number of nitrogens with zero attached hydrogens (tertiary/aromatic N) is 1. The Morgan fingerprint density at radius 2 is 1.41 bits per heavy atom. The van der Waals surface area contributed by atoms with E-state index >= 15 is 0 Å². The lowest BCUT2D eigenvalue weighted by Crippen LogP contribution is -2.64. The van der Waals surface area contributed by atoms with Crippen LogP contribution >= 0.6 is 0 Å². The number of amides is 1. The van der Waals surface area contributed by atoms with Gasteiger partial charge in [0.25, 0.3) is 0 Å². The molecule has 0 spiro atoms. The maximum absolute atomic E-state index is 13.0. The van der Waals surface area contributed by atoms with Crippen molar-refractivity contribution < 1.29 is 19.4 Å². The predicted molar refractivity (Wildman–Crippen MR) is 149 cm³/mol. The summed E-state index contributed by atoms with van der Waals surface area (Å²) in [7, 11) is 0. The summed E-state index contributed by atoms with van der Waals surface area (Å²) >= 11 is 0. The van der Waals surface area contributed by atoms with E-state index in [1.807, 2.05) is 30.3 Å². The summed E-state index contributed by atoms with van der Waals surface area (Å²) in [5.74, 6) is -0.135. The third kappa shape index (κ3) is 9.97. The highest BCUT2D eigenvalue weighted by Crippen LogP contribution is 2.33. The van der Waals surface area contributed by atoms with E-state index in [4.69, 9.17) is 9.47 Å². The molecule has 1 aromatic rings. The summed E-state index contributed by atoms with van der Waals surface area (Å²) in [4.78, 5) is 15.3. The molecule has 2 N–H and O–H groups in total. The molecule has 0 aliphatic carbocycles. The van der Waals surface area contributed by atoms with Crippen molar-refractivity contribution in [3.63, 3.8) is 0 Å². The molecule has 3 atom stereocenters. The van der Waals surface area contributed by atoms with E-state index in [1.165, 1.54) is 70.6 Å². The van der Waals surface area contributed by atoms with Gasteiger partial charge in [-0.15, -0.1) is 0 Å². The zero-order valence-corrected chi connectivity index (χ0v) is 23.3. The average Bonchev–Trinajstić information content (AvgIpc) is 3.47. The van der Waals surface area contributed by atoms with Crippen LogP contribution < -0.4 is 5.32 Å². The van der Waals surface area contributed by atoms with Crippen molar-refractivity contribution in [2.24, 2.45) is 0 Å². The number of unbranched alkanes of at least 4 members (excludes halogenated alkanes) is 12. The Kier molecular flexibility index (Phi) is 14.0. The molecular formula is C31H52N2O4. The van der Waals surface area contributed by atoms with Crippen molar-refractivity contribution in [1.82, 2.24) is 10.2 Å². The lowest BCUT2D eigenvalue weighted by molar-refractivity contribution is -0.257. The lowest BCUT2D eigenvalue weighted by atomic mass is 9.93. The second kappa shape index (κ2) is 17.2. The third-order valence-electron chi connectivity index (χ3n) is 7.89. The molecule has 2 saturated heterocycles. The molecule has 0 saturated carbocycles. The van der Waals surface area contributed by atoms with Gasteiger partial charge in [-0.3, -0.25) is 9.69 Å². The summed E-state index contributed by atoms with van der Waals surface area (Å²) in [5.41, 5.74) is -1.00. The second-order valence-corrected chi connectivity index (χ2v) is 11.0. The number of aliphatic hydroxyl groups is 1. The van der Waals surface area contributed by atoms with E-state index in [2.05, 4.69) is 17.1 Å². The highest BCUT2D eigenvalue weighted by Gasteiger charge is 2.49. The molecule has 6 nitrogen and oxygen atoms in total. The van der Waals surface area contributed by atoms with Crippen LogP contribution in [0.25, 0.3) is 0 Å². The first-order valence-corrected chi connectivity index (χ1v) is 15.2. The molecule has 2 fully saturated rings. The van der Waals surface area contributed by atoms with E-state index in [0.717, 1.165) is 38.8 Å². The summed E-state index contributed by atoms with van der Waals surface area (Å²) in [6, 6.07) is 9.38. The Hall–Kier alpha value is -1.47. The average molecular weight is 517 g/mol. The second-order valence-electron chi connectivity index (χ2n) is 11.0. The number of ether oxygens (including phenoxy) is 2. The fraction of sp³-hybridized carbons (Fsp3) is 0.774. The van der Waals surface area contributed by atoms with Crippen LogP contribution in [0.3, 0.4) is 0 Å². The number of carbonyl (C=O) groups is 1. The molecule has 210 valence electrons. The van der Waals surface area contributed by atoms with Crippen LogP contribution in [0.5, 0.6) is 0 Å². The maximum atomic E-state index is 13.0. The van der Waals surface area contributed by atoms with E-state index in [0.29, 0.717) is 25.2 Å². The van der Waals surface area contributed by atoms with Gasteiger partial charge in [-0.1, -0.05) is 114 Å². The van der Waals surface area contributed by atoms with Crippen molar-refractivity contribution in [3.8, 4) is 0 Å². The van der Waals surface area contributed by atoms with E-state index < -0.39 is 11.8 Å². The minimum absolute atomic E-state index is 0.135. The molecule has 2 heterocycles. The van der Waals surface area contributed by atoms with Crippen LogP contribution in [0.2, 0.25) is 0 Å². The lowest BCUT2D eigenvalue weighted by Gasteiger charge is -2.45. The fourth-order valence-electron chi connectivity index (χ4n) is 5.71. The van der Waals surface area contributed by atoms with Gasteiger partial charge in [0.1, 0.15) is 12.3 Å². The highest BCUT2D eigenvalue weighted by atomic mass is 16.6. The van der Waals surface area contributed by atoms with E-state index in [9.17, 15) is 9.90 Å². The van der Waals surface area contributed by atoms with Crippen molar-refractivity contribution in [2.75, 3.05) is 26.3 Å². The van der Waals surface area contributed by atoms with Crippen LogP contribution in [0.1, 0.15) is 115 Å². The Bertz CT molecular complexity index is 740. The first-order chi connectivity index (χ1) is 18.1. The number of hydrogen-bond acceptors (Lipinski definition) is 5. The van der Waals surface area contributed by atoms with Gasteiger partial charge in [-0.25, -0.2) is 0 Å². The number of carbonyl (C=O) groups excluding carboxylic acids is 1. The van der Waals surface area contributed by atoms with Gasteiger partial charge in [0.05, 0.1) is 13.2 Å². The topological polar surface area (TPSA) is 71.0 Å². The first kappa shape index (κ1) is 30.1. The molecule has 2 aliphatic rings. The normalized spacial score (nSPS) is 22.1. The van der Waals surface area contributed by atoms with Crippen LogP contribution in [0.4, 0.5) is 0 Å². The van der Waals surface area contributed by atoms with Crippen molar-refractivity contribution in [1.29, 1.82) is 0 Å². The number of benzene rings is 1. The highest BCUT2D eigenvalue weighted by molar-refractivity contribution is 5.76. The van der Waals surface area contributed by atoms with E-state index in [-0.39, 0.29) is 12.1 Å². The molecule has 3 unspecified atom stereocenters.